The van der Waals surface area contributed by atoms with Crippen LogP contribution in [-0.4, -0.2) is 28.0 Å². The van der Waals surface area contributed by atoms with E-state index >= 15 is 0 Å². The number of carbonyl (C=O) groups is 1. The van der Waals surface area contributed by atoms with Gasteiger partial charge in [-0.2, -0.15) is 0 Å². The van der Waals surface area contributed by atoms with Crippen molar-refractivity contribution in [2.75, 3.05) is 23.3 Å². The monoisotopic (exact) mass is 530 g/mol. The highest BCUT2D eigenvalue weighted by Crippen LogP contribution is 2.33. The Morgan fingerprint density at radius 2 is 1.64 bits per heavy atom. The molecule has 0 aliphatic rings. The Hall–Kier alpha value is -2.52. The van der Waals surface area contributed by atoms with Gasteiger partial charge in [0.2, 0.25) is 5.91 Å². The van der Waals surface area contributed by atoms with Gasteiger partial charge >= 0.3 is 0 Å². The minimum atomic E-state index is -4.30. The molecule has 33 heavy (non-hydrogen) atoms. The van der Waals surface area contributed by atoms with Gasteiger partial charge in [-0.25, -0.2) is 12.8 Å². The van der Waals surface area contributed by atoms with Gasteiger partial charge in [0, 0.05) is 0 Å². The van der Waals surface area contributed by atoms with Crippen LogP contribution in [0.5, 0.6) is 5.75 Å². The Balaban J connectivity index is 2.02. The van der Waals surface area contributed by atoms with E-state index in [4.69, 9.17) is 39.5 Å². The van der Waals surface area contributed by atoms with E-state index in [-0.39, 0.29) is 37.1 Å². The normalized spacial score (nSPS) is 11.2. The lowest BCUT2D eigenvalue weighted by atomic mass is 10.2. The highest BCUT2D eigenvalue weighted by atomic mass is 35.5. The predicted molar refractivity (Wildman–Crippen MR) is 129 cm³/mol. The summed E-state index contributed by atoms with van der Waals surface area (Å²) in [6.07, 6.45) is 0. The van der Waals surface area contributed by atoms with Crippen molar-refractivity contribution in [3.63, 3.8) is 0 Å². The Labute approximate surface area is 205 Å². The number of hydrogen-bond acceptors (Lipinski definition) is 4. The first-order valence-corrected chi connectivity index (χ1v) is 12.0. The first-order chi connectivity index (χ1) is 15.5. The average molecular weight is 532 g/mol. The second kappa shape index (κ2) is 10.2. The van der Waals surface area contributed by atoms with Gasteiger partial charge in [-0.3, -0.25) is 9.10 Å². The molecule has 0 saturated heterocycles. The molecule has 11 heteroatoms. The predicted octanol–water partition coefficient (Wildman–Crippen LogP) is 5.94. The number of halogens is 4. The van der Waals surface area contributed by atoms with Crippen molar-refractivity contribution in [2.45, 2.75) is 11.8 Å². The zero-order valence-electron chi connectivity index (χ0n) is 17.4. The smallest absolute Gasteiger partial charge is 0.268 e. The van der Waals surface area contributed by atoms with Crippen LogP contribution in [0, 0.1) is 12.7 Å². The van der Waals surface area contributed by atoms with Crippen LogP contribution in [0.2, 0.25) is 15.1 Å². The number of ether oxygens (including phenoxy) is 1. The van der Waals surface area contributed by atoms with Crippen LogP contribution in [0.4, 0.5) is 15.8 Å². The highest BCUT2D eigenvalue weighted by molar-refractivity contribution is 7.93. The second-order valence-corrected chi connectivity index (χ2v) is 9.99. The van der Waals surface area contributed by atoms with Crippen LogP contribution < -0.4 is 14.4 Å². The third kappa shape index (κ3) is 5.70. The summed E-state index contributed by atoms with van der Waals surface area (Å²) in [6.45, 7) is 1.08. The molecular weight excluding hydrogens is 514 g/mol. The van der Waals surface area contributed by atoms with E-state index in [1.54, 1.807) is 13.0 Å². The molecule has 3 aromatic rings. The number of amides is 1. The van der Waals surface area contributed by atoms with Crippen molar-refractivity contribution >= 4 is 62.1 Å². The van der Waals surface area contributed by atoms with E-state index in [1.165, 1.54) is 43.5 Å². The average Bonchev–Trinajstić information content (AvgIpc) is 2.76. The fourth-order valence-electron chi connectivity index (χ4n) is 2.97. The summed E-state index contributed by atoms with van der Waals surface area (Å²) in [6, 6.07) is 12.1. The van der Waals surface area contributed by atoms with Crippen molar-refractivity contribution < 1.29 is 22.3 Å². The largest absolute Gasteiger partial charge is 0.495 e. The summed E-state index contributed by atoms with van der Waals surface area (Å²) in [4.78, 5) is 12.7. The third-order valence-electron chi connectivity index (χ3n) is 4.57. The van der Waals surface area contributed by atoms with E-state index in [0.29, 0.717) is 5.56 Å². The lowest BCUT2D eigenvalue weighted by Gasteiger charge is -2.25. The van der Waals surface area contributed by atoms with Crippen LogP contribution >= 0.6 is 34.8 Å². The van der Waals surface area contributed by atoms with Gasteiger partial charge in [0.15, 0.2) is 0 Å². The summed E-state index contributed by atoms with van der Waals surface area (Å²) < 4.78 is 46.8. The first-order valence-electron chi connectivity index (χ1n) is 9.40. The van der Waals surface area contributed by atoms with E-state index in [9.17, 15) is 17.6 Å². The van der Waals surface area contributed by atoms with Crippen molar-refractivity contribution in [2.24, 2.45) is 0 Å². The number of methoxy groups -OCH3 is 1. The number of nitrogens with one attached hydrogen (secondary N) is 1. The number of nitrogens with zero attached hydrogens (tertiary/aromatic N) is 1. The second-order valence-electron chi connectivity index (χ2n) is 6.94. The van der Waals surface area contributed by atoms with E-state index in [1.807, 2.05) is 0 Å². The van der Waals surface area contributed by atoms with Gasteiger partial charge < -0.3 is 10.1 Å². The molecule has 0 radical (unpaired) electrons. The molecule has 1 N–H and O–H groups in total. The minimum Gasteiger partial charge on any atom is -0.495 e. The van der Waals surface area contributed by atoms with Crippen LogP contribution in [-0.2, 0) is 14.8 Å². The Bertz CT molecular complexity index is 1300. The number of aryl methyl sites for hydroxylation is 1. The molecule has 0 aliphatic heterocycles. The molecule has 6 nitrogen and oxygen atoms in total. The van der Waals surface area contributed by atoms with E-state index in [2.05, 4.69) is 5.32 Å². The SMILES string of the molecule is COc1ccc(C)cc1S(=O)(=O)N(CC(=O)Nc1cc(Cl)c(Cl)cc1Cl)c1ccc(F)cc1. The Morgan fingerprint density at radius 3 is 2.27 bits per heavy atom. The summed E-state index contributed by atoms with van der Waals surface area (Å²) in [5.74, 6) is -1.17. The number of sulfonamides is 1. The standard InChI is InChI=1S/C22H18Cl3FN2O4S/c1-13-3-8-20(32-2)21(9-13)33(30,31)28(15-6-4-14(26)5-7-15)12-22(29)27-19-11-17(24)16(23)10-18(19)25/h3-11H,12H2,1-2H3,(H,27,29). The van der Waals surface area contributed by atoms with Crippen molar-refractivity contribution in [3.05, 3.63) is 81.0 Å². The summed E-state index contributed by atoms with van der Waals surface area (Å²) >= 11 is 18.0. The molecular formula is C22H18Cl3FN2O4S. The van der Waals surface area contributed by atoms with Crippen LogP contribution in [0.25, 0.3) is 0 Å². The van der Waals surface area contributed by atoms with Crippen molar-refractivity contribution in [1.82, 2.24) is 0 Å². The summed E-state index contributed by atoms with van der Waals surface area (Å²) in [5.41, 5.74) is 0.900. The molecule has 0 fully saturated rings. The first kappa shape index (κ1) is 25.1. The highest BCUT2D eigenvalue weighted by Gasteiger charge is 2.30. The molecule has 0 aliphatic carbocycles. The lowest BCUT2D eigenvalue weighted by molar-refractivity contribution is -0.114. The third-order valence-corrected chi connectivity index (χ3v) is 7.40. The van der Waals surface area contributed by atoms with E-state index in [0.717, 1.165) is 16.4 Å². The molecule has 0 heterocycles. The van der Waals surface area contributed by atoms with Gasteiger partial charge in [-0.15, -0.1) is 0 Å². The molecule has 0 spiro atoms. The fourth-order valence-corrected chi connectivity index (χ4v) is 5.22. The maximum absolute atomic E-state index is 13.6. The van der Waals surface area contributed by atoms with Gasteiger partial charge in [0.1, 0.15) is 23.0 Å². The van der Waals surface area contributed by atoms with Crippen LogP contribution in [0.15, 0.2) is 59.5 Å². The molecule has 0 bridgehead atoms. The van der Waals surface area contributed by atoms with Gasteiger partial charge in [-0.05, 0) is 61.0 Å². The van der Waals surface area contributed by atoms with Gasteiger partial charge in [0.05, 0.1) is 33.6 Å². The molecule has 0 aromatic heterocycles. The maximum Gasteiger partial charge on any atom is 0.268 e. The molecule has 3 aromatic carbocycles. The van der Waals surface area contributed by atoms with Gasteiger partial charge in [0.25, 0.3) is 10.0 Å². The van der Waals surface area contributed by atoms with Crippen LogP contribution in [0.1, 0.15) is 5.56 Å². The van der Waals surface area contributed by atoms with Crippen LogP contribution in [0.3, 0.4) is 0 Å². The number of hydrogen-bond donors (Lipinski definition) is 1. The Kier molecular flexibility index (Phi) is 7.74. The number of carbonyl (C=O) groups excluding carboxylic acids is 1. The number of rotatable bonds is 7. The Morgan fingerprint density at radius 1 is 1.00 bits per heavy atom. The molecule has 174 valence electrons. The molecule has 1 amide bonds. The molecule has 0 unspecified atom stereocenters. The molecule has 3 rings (SSSR count). The summed E-state index contributed by atoms with van der Waals surface area (Å²) in [7, 11) is -2.96. The van der Waals surface area contributed by atoms with Crippen molar-refractivity contribution in [1.29, 1.82) is 0 Å². The van der Waals surface area contributed by atoms with Gasteiger partial charge in [-0.1, -0.05) is 40.9 Å². The quantitative estimate of drug-likeness (QED) is 0.383. The van der Waals surface area contributed by atoms with E-state index < -0.39 is 28.3 Å². The molecule has 0 saturated carbocycles. The minimum absolute atomic E-state index is 0.0790. The number of benzene rings is 3. The molecule has 0 atom stereocenters. The van der Waals surface area contributed by atoms with Crippen molar-refractivity contribution in [3.8, 4) is 5.75 Å². The fraction of sp³-hybridized carbons (Fsp3) is 0.136. The number of anilines is 2. The lowest BCUT2D eigenvalue weighted by Crippen LogP contribution is -2.38. The summed E-state index contributed by atoms with van der Waals surface area (Å²) in [5, 5.41) is 3.00. The maximum atomic E-state index is 13.6. The zero-order chi connectivity index (χ0) is 24.3. The topological polar surface area (TPSA) is 75.7 Å². The zero-order valence-corrected chi connectivity index (χ0v) is 20.5.